The van der Waals surface area contributed by atoms with Crippen LogP contribution < -0.4 is 10.6 Å². The Balaban J connectivity index is 2.20. The lowest BCUT2D eigenvalue weighted by molar-refractivity contribution is -0.124. The van der Waals surface area contributed by atoms with Crippen molar-refractivity contribution in [1.82, 2.24) is 10.6 Å². The summed E-state index contributed by atoms with van der Waals surface area (Å²) in [5.74, 6) is 0.920. The number of hydrogen-bond donors (Lipinski definition) is 2. The normalized spacial score (nSPS) is 27.1. The Morgan fingerprint density at radius 3 is 2.76 bits per heavy atom. The van der Waals surface area contributed by atoms with Crippen LogP contribution in [0.4, 0.5) is 0 Å². The van der Waals surface area contributed by atoms with E-state index in [0.29, 0.717) is 16.7 Å². The molecular formula is C11H10Cl2N2OS. The van der Waals surface area contributed by atoms with Gasteiger partial charge in [-0.05, 0) is 24.1 Å². The third-order valence-electron chi connectivity index (χ3n) is 3.24. The van der Waals surface area contributed by atoms with E-state index in [1.54, 1.807) is 11.8 Å². The monoisotopic (exact) mass is 288 g/mol. The van der Waals surface area contributed by atoms with E-state index in [1.165, 1.54) is 0 Å². The number of rotatable bonds is 0. The van der Waals surface area contributed by atoms with Crippen LogP contribution in [-0.2, 0) is 10.3 Å². The van der Waals surface area contributed by atoms with E-state index in [4.69, 9.17) is 23.2 Å². The molecule has 3 nitrogen and oxygen atoms in total. The third-order valence-corrected chi connectivity index (χ3v) is 5.02. The number of thioether (sulfide) groups is 1. The molecular weight excluding hydrogens is 279 g/mol. The van der Waals surface area contributed by atoms with Gasteiger partial charge in [0.15, 0.2) is 0 Å². The predicted octanol–water partition coefficient (Wildman–Crippen LogP) is 2.36. The van der Waals surface area contributed by atoms with Crippen molar-refractivity contribution in [2.45, 2.75) is 16.9 Å². The quantitative estimate of drug-likeness (QED) is 0.770. The summed E-state index contributed by atoms with van der Waals surface area (Å²) >= 11 is 13.8. The Hall–Kier alpha value is -0.420. The summed E-state index contributed by atoms with van der Waals surface area (Å²) in [6.07, 6.45) is 0.772. The fraction of sp³-hybridized carbons (Fsp3) is 0.364. The predicted molar refractivity (Wildman–Crippen MR) is 69.6 cm³/mol. The molecule has 2 heterocycles. The van der Waals surface area contributed by atoms with Gasteiger partial charge < -0.3 is 5.32 Å². The summed E-state index contributed by atoms with van der Waals surface area (Å²) in [5.41, 5.74) is 0.326. The first-order chi connectivity index (χ1) is 8.13. The highest BCUT2D eigenvalue weighted by molar-refractivity contribution is 7.99. The molecule has 6 heteroatoms. The zero-order valence-electron chi connectivity index (χ0n) is 8.85. The highest BCUT2D eigenvalue weighted by Gasteiger charge is 2.46. The number of nitrogens with one attached hydrogen (secondary N) is 2. The van der Waals surface area contributed by atoms with E-state index in [-0.39, 0.29) is 5.91 Å². The minimum atomic E-state index is -0.616. The van der Waals surface area contributed by atoms with E-state index >= 15 is 0 Å². The average Bonchev–Trinajstić information content (AvgIpc) is 2.65. The number of carbonyl (C=O) groups excluding carboxylic acids is 1. The molecule has 90 valence electrons. The molecule has 0 aromatic heterocycles. The number of carbonyl (C=O) groups is 1. The standard InChI is InChI=1S/C11H10Cl2N2OS/c12-7-3-6-9(4-8(7)13)17-2-1-11(6)10(16)14-5-15-11/h3-4,15H,1-2,5H2,(H,14,16). The number of halogens is 2. The van der Waals surface area contributed by atoms with Crippen molar-refractivity contribution in [3.63, 3.8) is 0 Å². The van der Waals surface area contributed by atoms with Gasteiger partial charge in [-0.2, -0.15) is 0 Å². The molecule has 2 N–H and O–H groups in total. The lowest BCUT2D eigenvalue weighted by atomic mass is 9.87. The van der Waals surface area contributed by atoms with Crippen molar-refractivity contribution in [2.75, 3.05) is 12.4 Å². The molecule has 1 spiro atoms. The molecule has 1 aromatic carbocycles. The Labute approximate surface area is 113 Å². The second-order valence-electron chi connectivity index (χ2n) is 4.13. The van der Waals surface area contributed by atoms with Crippen molar-refractivity contribution >= 4 is 40.9 Å². The maximum absolute atomic E-state index is 12.1. The van der Waals surface area contributed by atoms with Gasteiger partial charge in [0.25, 0.3) is 0 Å². The van der Waals surface area contributed by atoms with Gasteiger partial charge in [0.2, 0.25) is 5.91 Å². The molecule has 0 saturated carbocycles. The summed E-state index contributed by atoms with van der Waals surface area (Å²) in [6.45, 7) is 0.503. The molecule has 0 aliphatic carbocycles. The van der Waals surface area contributed by atoms with Crippen molar-refractivity contribution < 1.29 is 4.79 Å². The summed E-state index contributed by atoms with van der Waals surface area (Å²) in [6, 6.07) is 3.65. The fourth-order valence-electron chi connectivity index (χ4n) is 2.36. The number of benzene rings is 1. The van der Waals surface area contributed by atoms with Gasteiger partial charge in [0, 0.05) is 10.6 Å². The van der Waals surface area contributed by atoms with Gasteiger partial charge >= 0.3 is 0 Å². The van der Waals surface area contributed by atoms with Gasteiger partial charge in [-0.3, -0.25) is 10.1 Å². The van der Waals surface area contributed by atoms with Crippen LogP contribution in [0.2, 0.25) is 10.0 Å². The zero-order valence-corrected chi connectivity index (χ0v) is 11.2. The fourth-order valence-corrected chi connectivity index (χ4v) is 3.97. The summed E-state index contributed by atoms with van der Waals surface area (Å²) in [5, 5.41) is 7.10. The van der Waals surface area contributed by atoms with E-state index in [0.717, 1.165) is 22.6 Å². The smallest absolute Gasteiger partial charge is 0.246 e. The average molecular weight is 289 g/mol. The molecule has 1 saturated heterocycles. The lowest BCUT2D eigenvalue weighted by Crippen LogP contribution is -2.45. The SMILES string of the molecule is O=C1NCNC12CCSc1cc(Cl)c(Cl)cc12. The Kier molecular flexibility index (Phi) is 2.78. The van der Waals surface area contributed by atoms with Crippen molar-refractivity contribution in [3.8, 4) is 0 Å². The van der Waals surface area contributed by atoms with Gasteiger partial charge in [-0.25, -0.2) is 0 Å². The van der Waals surface area contributed by atoms with Crippen LogP contribution in [0.1, 0.15) is 12.0 Å². The highest BCUT2D eigenvalue weighted by Crippen LogP contribution is 2.44. The summed E-state index contributed by atoms with van der Waals surface area (Å²) < 4.78 is 0. The van der Waals surface area contributed by atoms with Crippen LogP contribution in [0, 0.1) is 0 Å². The van der Waals surface area contributed by atoms with Crippen molar-refractivity contribution in [1.29, 1.82) is 0 Å². The van der Waals surface area contributed by atoms with Gasteiger partial charge in [0.1, 0.15) is 5.54 Å². The summed E-state index contributed by atoms with van der Waals surface area (Å²) in [4.78, 5) is 13.1. The maximum atomic E-state index is 12.1. The second kappa shape index (κ2) is 4.05. The first-order valence-corrected chi connectivity index (χ1v) is 7.03. The largest absolute Gasteiger partial charge is 0.342 e. The minimum Gasteiger partial charge on any atom is -0.342 e. The Morgan fingerprint density at radius 1 is 1.29 bits per heavy atom. The topological polar surface area (TPSA) is 41.1 Å². The van der Waals surface area contributed by atoms with Gasteiger partial charge in [0.05, 0.1) is 16.7 Å². The molecule has 3 rings (SSSR count). The molecule has 1 unspecified atom stereocenters. The van der Waals surface area contributed by atoms with Crippen LogP contribution in [0.3, 0.4) is 0 Å². The molecule has 1 amide bonds. The van der Waals surface area contributed by atoms with E-state index in [1.807, 2.05) is 12.1 Å². The zero-order chi connectivity index (χ0) is 12.0. The van der Waals surface area contributed by atoms with E-state index in [2.05, 4.69) is 10.6 Å². The maximum Gasteiger partial charge on any atom is 0.246 e. The molecule has 2 aliphatic heterocycles. The highest BCUT2D eigenvalue weighted by atomic mass is 35.5. The Bertz CT molecular complexity index is 508. The molecule has 1 atom stereocenters. The number of fused-ring (bicyclic) bond motifs is 2. The van der Waals surface area contributed by atoms with Crippen molar-refractivity contribution in [2.24, 2.45) is 0 Å². The first kappa shape index (κ1) is 11.7. The molecule has 0 radical (unpaired) electrons. The lowest BCUT2D eigenvalue weighted by Gasteiger charge is -2.33. The molecule has 0 bridgehead atoms. The minimum absolute atomic E-state index is 0.0254. The van der Waals surface area contributed by atoms with Crippen LogP contribution >= 0.6 is 35.0 Å². The van der Waals surface area contributed by atoms with Crippen LogP contribution in [0.25, 0.3) is 0 Å². The molecule has 1 aromatic rings. The van der Waals surface area contributed by atoms with Crippen LogP contribution in [-0.4, -0.2) is 18.3 Å². The van der Waals surface area contributed by atoms with E-state index < -0.39 is 5.54 Å². The van der Waals surface area contributed by atoms with Crippen LogP contribution in [0.15, 0.2) is 17.0 Å². The van der Waals surface area contributed by atoms with Crippen LogP contribution in [0.5, 0.6) is 0 Å². The second-order valence-corrected chi connectivity index (χ2v) is 6.08. The number of amides is 1. The van der Waals surface area contributed by atoms with E-state index in [9.17, 15) is 4.79 Å². The Morgan fingerprint density at radius 2 is 2.06 bits per heavy atom. The molecule has 1 fully saturated rings. The molecule has 17 heavy (non-hydrogen) atoms. The molecule has 2 aliphatic rings. The third kappa shape index (κ3) is 1.66. The van der Waals surface area contributed by atoms with Crippen molar-refractivity contribution in [3.05, 3.63) is 27.7 Å². The van der Waals surface area contributed by atoms with Gasteiger partial charge in [-0.1, -0.05) is 23.2 Å². The summed E-state index contributed by atoms with van der Waals surface area (Å²) in [7, 11) is 0. The number of hydrogen-bond acceptors (Lipinski definition) is 3. The van der Waals surface area contributed by atoms with Gasteiger partial charge in [-0.15, -0.1) is 11.8 Å². The first-order valence-electron chi connectivity index (χ1n) is 5.29.